The van der Waals surface area contributed by atoms with E-state index in [9.17, 15) is 9.59 Å². The number of anilines is 1. The fourth-order valence-corrected chi connectivity index (χ4v) is 2.22. The molecule has 0 atom stereocenters. The molecule has 2 amide bonds. The van der Waals surface area contributed by atoms with E-state index in [2.05, 4.69) is 31.4 Å². The van der Waals surface area contributed by atoms with E-state index < -0.39 is 5.91 Å². The van der Waals surface area contributed by atoms with Crippen molar-refractivity contribution in [2.45, 2.75) is 33.4 Å². The molecule has 3 N–H and O–H groups in total. The summed E-state index contributed by atoms with van der Waals surface area (Å²) >= 11 is 3.37. The minimum atomic E-state index is -0.672. The number of rotatable bonds is 6. The van der Waals surface area contributed by atoms with Gasteiger partial charge in [-0.25, -0.2) is 0 Å². The number of aryl methyl sites for hydroxylation is 2. The minimum Gasteiger partial charge on any atom is -0.364 e. The van der Waals surface area contributed by atoms with Crippen molar-refractivity contribution in [1.82, 2.24) is 19.6 Å². The first-order valence-electron chi connectivity index (χ1n) is 6.77. The number of nitrogens with two attached hydrogens (primary N) is 1. The molecule has 22 heavy (non-hydrogen) atoms. The second-order valence-electron chi connectivity index (χ2n) is 4.71. The van der Waals surface area contributed by atoms with Crippen LogP contribution in [0.15, 0.2) is 16.9 Å². The Morgan fingerprint density at radius 3 is 2.73 bits per heavy atom. The molecule has 2 aromatic heterocycles. The largest absolute Gasteiger partial charge is 0.364 e. The normalized spacial score (nSPS) is 10.7. The van der Waals surface area contributed by atoms with Crippen LogP contribution in [0.1, 0.15) is 29.5 Å². The fraction of sp³-hybridized carbons (Fsp3) is 0.385. The first kappa shape index (κ1) is 16.2. The van der Waals surface area contributed by atoms with Crippen molar-refractivity contribution >= 4 is 33.4 Å². The van der Waals surface area contributed by atoms with Gasteiger partial charge in [-0.3, -0.25) is 19.0 Å². The minimum absolute atomic E-state index is 0.0632. The summed E-state index contributed by atoms with van der Waals surface area (Å²) in [6.45, 7) is 4.81. The number of nitrogens with one attached hydrogen (secondary N) is 1. The first-order valence-corrected chi connectivity index (χ1v) is 7.56. The summed E-state index contributed by atoms with van der Waals surface area (Å²) in [6, 6.07) is 0. The van der Waals surface area contributed by atoms with Crippen LogP contribution in [0.2, 0.25) is 0 Å². The molecule has 0 aliphatic carbocycles. The highest BCUT2D eigenvalue weighted by atomic mass is 79.9. The Bertz CT molecular complexity index is 705. The predicted octanol–water partition coefficient (Wildman–Crippen LogP) is 1.30. The van der Waals surface area contributed by atoms with Crippen LogP contribution >= 0.6 is 15.9 Å². The summed E-state index contributed by atoms with van der Waals surface area (Å²) < 4.78 is 4.17. The summed E-state index contributed by atoms with van der Waals surface area (Å²) in [6.07, 6.45) is 3.50. The Hall–Kier alpha value is -2.16. The molecule has 0 radical (unpaired) electrons. The van der Waals surface area contributed by atoms with Gasteiger partial charge < -0.3 is 11.1 Å². The maximum Gasteiger partial charge on any atom is 0.271 e. The zero-order valence-corrected chi connectivity index (χ0v) is 13.9. The molecule has 8 nitrogen and oxygen atoms in total. The Morgan fingerprint density at radius 2 is 2.18 bits per heavy atom. The van der Waals surface area contributed by atoms with E-state index >= 15 is 0 Å². The molecule has 0 unspecified atom stereocenters. The number of nitrogens with zero attached hydrogens (tertiary/aromatic N) is 4. The molecule has 0 saturated carbocycles. The lowest BCUT2D eigenvalue weighted by Crippen LogP contribution is -2.19. The van der Waals surface area contributed by atoms with E-state index in [0.717, 1.165) is 10.2 Å². The Balaban J connectivity index is 2.01. The number of carbonyl (C=O) groups is 2. The van der Waals surface area contributed by atoms with E-state index in [0.29, 0.717) is 18.8 Å². The first-order chi connectivity index (χ1) is 10.4. The molecule has 0 bridgehead atoms. The highest BCUT2D eigenvalue weighted by Crippen LogP contribution is 2.16. The Labute approximate surface area is 135 Å². The van der Waals surface area contributed by atoms with Gasteiger partial charge in [-0.2, -0.15) is 10.2 Å². The van der Waals surface area contributed by atoms with Crippen LogP contribution in [-0.2, 0) is 17.9 Å². The van der Waals surface area contributed by atoms with Crippen molar-refractivity contribution in [3.05, 3.63) is 28.3 Å². The zero-order chi connectivity index (χ0) is 16.3. The summed E-state index contributed by atoms with van der Waals surface area (Å²) in [5.41, 5.74) is 6.60. The van der Waals surface area contributed by atoms with Crippen LogP contribution in [0.3, 0.4) is 0 Å². The number of carbonyl (C=O) groups excluding carboxylic acids is 2. The highest BCUT2D eigenvalue weighted by molar-refractivity contribution is 9.10. The summed E-state index contributed by atoms with van der Waals surface area (Å²) in [7, 11) is 0. The van der Waals surface area contributed by atoms with E-state index in [4.69, 9.17) is 5.73 Å². The standard InChI is InChI=1S/C13H17BrN6O2/c1-3-19-7-10(12(18-19)13(15)22)17-11(21)4-5-20-8(2)9(14)6-16-20/h6-7H,3-5H2,1-2H3,(H2,15,22)(H,17,21). The number of aromatic nitrogens is 4. The van der Waals surface area contributed by atoms with Crippen molar-refractivity contribution in [3.63, 3.8) is 0 Å². The number of hydrogen-bond donors (Lipinski definition) is 2. The van der Waals surface area contributed by atoms with Crippen LogP contribution in [0.25, 0.3) is 0 Å². The molecule has 0 fully saturated rings. The van der Waals surface area contributed by atoms with E-state index in [1.807, 2.05) is 13.8 Å². The van der Waals surface area contributed by atoms with Gasteiger partial charge in [-0.05, 0) is 29.8 Å². The van der Waals surface area contributed by atoms with Crippen LogP contribution < -0.4 is 11.1 Å². The second kappa shape index (κ2) is 6.73. The van der Waals surface area contributed by atoms with Crippen molar-refractivity contribution in [2.24, 2.45) is 5.73 Å². The van der Waals surface area contributed by atoms with Gasteiger partial charge in [-0.15, -0.1) is 0 Å². The molecule has 0 aliphatic heterocycles. The maximum absolute atomic E-state index is 12.0. The van der Waals surface area contributed by atoms with E-state index in [-0.39, 0.29) is 18.0 Å². The van der Waals surface area contributed by atoms with E-state index in [1.165, 1.54) is 0 Å². The third-order valence-corrected chi connectivity index (χ3v) is 3.97. The van der Waals surface area contributed by atoms with Gasteiger partial charge in [0.15, 0.2) is 5.69 Å². The SMILES string of the molecule is CCn1cc(NC(=O)CCn2ncc(Br)c2C)c(C(N)=O)n1. The van der Waals surface area contributed by atoms with E-state index in [1.54, 1.807) is 21.8 Å². The molecule has 0 saturated heterocycles. The molecule has 0 spiro atoms. The lowest BCUT2D eigenvalue weighted by atomic mass is 10.3. The topological polar surface area (TPSA) is 108 Å². The van der Waals surface area contributed by atoms with Gasteiger partial charge in [0.05, 0.1) is 22.9 Å². The molecule has 2 heterocycles. The lowest BCUT2D eigenvalue weighted by Gasteiger charge is -2.06. The monoisotopic (exact) mass is 368 g/mol. The number of primary amides is 1. The lowest BCUT2D eigenvalue weighted by molar-refractivity contribution is -0.116. The average molecular weight is 369 g/mol. The van der Waals surface area contributed by atoms with Crippen molar-refractivity contribution in [1.29, 1.82) is 0 Å². The van der Waals surface area contributed by atoms with Crippen LogP contribution in [-0.4, -0.2) is 31.4 Å². The number of amides is 2. The maximum atomic E-state index is 12.0. The molecular formula is C13H17BrN6O2. The van der Waals surface area contributed by atoms with Crippen LogP contribution in [0, 0.1) is 6.92 Å². The van der Waals surface area contributed by atoms with Crippen molar-refractivity contribution < 1.29 is 9.59 Å². The smallest absolute Gasteiger partial charge is 0.271 e. The van der Waals surface area contributed by atoms with Crippen molar-refractivity contribution in [3.8, 4) is 0 Å². The molecular weight excluding hydrogens is 352 g/mol. The summed E-state index contributed by atoms with van der Waals surface area (Å²) in [5.74, 6) is -0.904. The summed E-state index contributed by atoms with van der Waals surface area (Å²) in [5, 5.41) is 10.8. The third-order valence-electron chi connectivity index (χ3n) is 3.19. The molecule has 2 rings (SSSR count). The van der Waals surface area contributed by atoms with Gasteiger partial charge in [0.25, 0.3) is 5.91 Å². The van der Waals surface area contributed by atoms with Gasteiger partial charge in [0.1, 0.15) is 0 Å². The van der Waals surface area contributed by atoms with Gasteiger partial charge in [-0.1, -0.05) is 0 Å². The highest BCUT2D eigenvalue weighted by Gasteiger charge is 2.16. The van der Waals surface area contributed by atoms with Crippen LogP contribution in [0.5, 0.6) is 0 Å². The van der Waals surface area contributed by atoms with Crippen molar-refractivity contribution in [2.75, 3.05) is 5.32 Å². The second-order valence-corrected chi connectivity index (χ2v) is 5.56. The molecule has 2 aromatic rings. The molecule has 0 aliphatic rings. The molecule has 9 heteroatoms. The fourth-order valence-electron chi connectivity index (χ4n) is 1.93. The zero-order valence-electron chi connectivity index (χ0n) is 12.3. The Kier molecular flexibility index (Phi) is 4.96. The average Bonchev–Trinajstić information content (AvgIpc) is 3.02. The van der Waals surface area contributed by atoms with Gasteiger partial charge in [0.2, 0.25) is 5.91 Å². The van der Waals surface area contributed by atoms with Crippen LogP contribution in [0.4, 0.5) is 5.69 Å². The number of halogens is 1. The summed E-state index contributed by atoms with van der Waals surface area (Å²) in [4.78, 5) is 23.4. The molecule has 118 valence electrons. The van der Waals surface area contributed by atoms with Gasteiger partial charge >= 0.3 is 0 Å². The number of hydrogen-bond acceptors (Lipinski definition) is 4. The molecule has 0 aromatic carbocycles. The third kappa shape index (κ3) is 3.53. The quantitative estimate of drug-likeness (QED) is 0.800. The Morgan fingerprint density at radius 1 is 1.45 bits per heavy atom. The predicted molar refractivity (Wildman–Crippen MR) is 84.3 cm³/mol. The van der Waals surface area contributed by atoms with Gasteiger partial charge in [0, 0.05) is 24.9 Å².